The van der Waals surface area contributed by atoms with Gasteiger partial charge in [0, 0.05) is 11.3 Å². The van der Waals surface area contributed by atoms with Gasteiger partial charge in [-0.1, -0.05) is 66.5 Å². The summed E-state index contributed by atoms with van der Waals surface area (Å²) in [5.74, 6) is 0.681. The molecule has 0 bridgehead atoms. The highest BCUT2D eigenvalue weighted by atomic mass is 16.5. The van der Waals surface area contributed by atoms with E-state index in [9.17, 15) is 14.7 Å². The second-order valence-electron chi connectivity index (χ2n) is 13.3. The number of aliphatic carboxylic acids is 1. The molecule has 1 heterocycles. The minimum absolute atomic E-state index is 0.0779. The molecule has 0 spiro atoms. The van der Waals surface area contributed by atoms with E-state index in [1.165, 1.54) is 31.2 Å². The van der Waals surface area contributed by atoms with E-state index < -0.39 is 12.0 Å². The van der Waals surface area contributed by atoms with Crippen molar-refractivity contribution in [3.63, 3.8) is 0 Å². The lowest BCUT2D eigenvalue weighted by Gasteiger charge is -2.23. The van der Waals surface area contributed by atoms with Crippen LogP contribution >= 0.6 is 0 Å². The molecule has 0 unspecified atom stereocenters. The second kappa shape index (κ2) is 11.4. The van der Waals surface area contributed by atoms with Gasteiger partial charge < -0.3 is 15.2 Å². The van der Waals surface area contributed by atoms with Crippen LogP contribution < -0.4 is 14.6 Å². The summed E-state index contributed by atoms with van der Waals surface area (Å²) in [6.07, 6.45) is 7.03. The van der Waals surface area contributed by atoms with Gasteiger partial charge in [0.15, 0.2) is 12.7 Å². The molecule has 2 N–H and O–H groups in total. The Balaban J connectivity index is 1.64. The van der Waals surface area contributed by atoms with Gasteiger partial charge >= 0.3 is 5.97 Å². The van der Waals surface area contributed by atoms with Gasteiger partial charge in [-0.25, -0.2) is 4.79 Å². The number of benzene rings is 2. The molecule has 0 radical (unpaired) electrons. The second-order valence-corrected chi connectivity index (χ2v) is 13.3. The number of pyridine rings is 1. The number of carbonyl (C=O) groups excluding carboxylic acids is 1. The Morgan fingerprint density at radius 2 is 1.62 bits per heavy atom. The molecule has 1 atom stereocenters. The number of aromatic nitrogens is 1. The number of carboxylic acid groups (broad SMARTS) is 1. The van der Waals surface area contributed by atoms with Gasteiger partial charge in [-0.05, 0) is 66.0 Å². The van der Waals surface area contributed by atoms with E-state index in [2.05, 4.69) is 42.8 Å². The van der Waals surface area contributed by atoms with Crippen LogP contribution in [0.3, 0.4) is 0 Å². The zero-order valence-electron chi connectivity index (χ0n) is 24.2. The van der Waals surface area contributed by atoms with Crippen LogP contribution in [0.15, 0.2) is 54.7 Å². The van der Waals surface area contributed by atoms with Gasteiger partial charge in [-0.2, -0.15) is 4.57 Å². The smallest absolute Gasteiger partial charge is 0.326 e. The monoisotopic (exact) mass is 531 g/mol. The average Bonchev–Trinajstić information content (AvgIpc) is 3.36. The van der Waals surface area contributed by atoms with Crippen LogP contribution in [0.25, 0.3) is 10.9 Å². The van der Waals surface area contributed by atoms with Crippen molar-refractivity contribution in [1.82, 2.24) is 5.32 Å². The van der Waals surface area contributed by atoms with Crippen molar-refractivity contribution in [2.75, 3.05) is 0 Å². The summed E-state index contributed by atoms with van der Waals surface area (Å²) in [6, 6.07) is 15.0. The Hall–Kier alpha value is -3.41. The fraction of sp³-hybridized carbons (Fsp3) is 0.485. The van der Waals surface area contributed by atoms with Crippen LogP contribution in [-0.4, -0.2) is 23.0 Å². The molecule has 1 saturated carbocycles. The molecule has 2 aromatic carbocycles. The number of hydrogen-bond acceptors (Lipinski definition) is 3. The quantitative estimate of drug-likeness (QED) is 0.306. The van der Waals surface area contributed by atoms with Crippen molar-refractivity contribution < 1.29 is 24.0 Å². The van der Waals surface area contributed by atoms with E-state index >= 15 is 0 Å². The van der Waals surface area contributed by atoms with Gasteiger partial charge in [0.2, 0.25) is 5.52 Å². The average molecular weight is 532 g/mol. The van der Waals surface area contributed by atoms with Crippen molar-refractivity contribution in [2.24, 2.45) is 11.3 Å². The number of amides is 1. The summed E-state index contributed by atoms with van der Waals surface area (Å²) in [5.41, 5.74) is 2.56. The molecule has 1 aliphatic carbocycles. The maximum atomic E-state index is 13.3. The predicted molar refractivity (Wildman–Crippen MR) is 154 cm³/mol. The molecule has 1 amide bonds. The molecule has 39 heavy (non-hydrogen) atoms. The van der Waals surface area contributed by atoms with Crippen LogP contribution in [0, 0.1) is 11.3 Å². The molecule has 1 fully saturated rings. The molecule has 6 nitrogen and oxygen atoms in total. The molecule has 1 aromatic heterocycles. The molecule has 208 valence electrons. The summed E-state index contributed by atoms with van der Waals surface area (Å²) >= 11 is 0. The maximum Gasteiger partial charge on any atom is 0.326 e. The summed E-state index contributed by atoms with van der Waals surface area (Å²) in [7, 11) is 0. The van der Waals surface area contributed by atoms with Gasteiger partial charge in [0.05, 0.1) is 6.07 Å². The van der Waals surface area contributed by atoms with E-state index in [4.69, 9.17) is 4.74 Å². The number of carbonyl (C=O) groups is 2. The zero-order valence-corrected chi connectivity index (χ0v) is 24.2. The molecular weight excluding hydrogens is 488 g/mol. The van der Waals surface area contributed by atoms with Crippen LogP contribution in [0.1, 0.15) is 89.6 Å². The fourth-order valence-corrected chi connectivity index (χ4v) is 5.36. The standard InChI is InChI=1S/C33H42N2O4/c1-32(2,3)19-28(31(37)38)34-30(36)24-17-23-11-14-27(39-26-15-12-25(13-16-26)33(4,5)6)18-29(23)35(21-24)20-22-9-7-8-10-22/h11-18,21-22,28H,7-10,19-20H2,1-6H3,(H-,34,36,37,38)/p+1/t28-/m0/s1. The van der Waals surface area contributed by atoms with Crippen molar-refractivity contribution in [2.45, 2.75) is 91.6 Å². The van der Waals surface area contributed by atoms with Crippen molar-refractivity contribution in [1.29, 1.82) is 0 Å². The minimum Gasteiger partial charge on any atom is -0.480 e. The summed E-state index contributed by atoms with van der Waals surface area (Å²) in [6.45, 7) is 13.3. The Morgan fingerprint density at radius 1 is 0.974 bits per heavy atom. The Bertz CT molecular complexity index is 1330. The number of ether oxygens (including phenoxy) is 1. The van der Waals surface area contributed by atoms with Crippen molar-refractivity contribution >= 4 is 22.8 Å². The molecule has 6 heteroatoms. The first-order chi connectivity index (χ1) is 18.3. The van der Waals surface area contributed by atoms with Crippen LogP contribution in [0.4, 0.5) is 0 Å². The van der Waals surface area contributed by atoms with Gasteiger partial charge in [-0.15, -0.1) is 0 Å². The van der Waals surface area contributed by atoms with Gasteiger partial charge in [0.1, 0.15) is 23.1 Å². The molecule has 4 rings (SSSR count). The zero-order chi connectivity index (χ0) is 28.4. The highest BCUT2D eigenvalue weighted by Gasteiger charge is 2.28. The summed E-state index contributed by atoms with van der Waals surface area (Å²) in [5, 5.41) is 13.4. The Kier molecular flexibility index (Phi) is 8.34. The Labute approximate surface area is 232 Å². The molecule has 1 aliphatic rings. The van der Waals surface area contributed by atoms with E-state index in [0.29, 0.717) is 17.9 Å². The SMILES string of the molecule is CC(C)(C)C[C@H](NC(=O)c1cc2ccc(Oc3ccc(C(C)(C)C)cc3)cc2[n+](CC2CCCC2)c1)C(=O)O. The lowest BCUT2D eigenvalue weighted by atomic mass is 9.87. The highest BCUT2D eigenvalue weighted by Crippen LogP contribution is 2.30. The number of hydrogen-bond donors (Lipinski definition) is 2. The molecule has 0 aliphatic heterocycles. The maximum absolute atomic E-state index is 13.3. The number of nitrogens with one attached hydrogen (secondary N) is 1. The van der Waals surface area contributed by atoms with Crippen LogP contribution in [-0.2, 0) is 16.8 Å². The van der Waals surface area contributed by atoms with Crippen molar-refractivity contribution in [3.8, 4) is 11.5 Å². The number of nitrogens with zero attached hydrogens (tertiary/aromatic N) is 1. The first-order valence-electron chi connectivity index (χ1n) is 14.1. The molecule has 3 aromatic rings. The molecular formula is C33H43N2O4+. The lowest BCUT2D eigenvalue weighted by Crippen LogP contribution is -2.44. The lowest BCUT2D eigenvalue weighted by molar-refractivity contribution is -0.678. The third-order valence-electron chi connectivity index (χ3n) is 7.49. The third-order valence-corrected chi connectivity index (χ3v) is 7.49. The first-order valence-corrected chi connectivity index (χ1v) is 14.1. The van der Waals surface area contributed by atoms with E-state index in [1.54, 1.807) is 0 Å². The number of rotatable bonds is 8. The normalized spacial score (nSPS) is 15.3. The molecule has 0 saturated heterocycles. The van der Waals surface area contributed by atoms with E-state index in [0.717, 1.165) is 28.9 Å². The Morgan fingerprint density at radius 3 is 2.21 bits per heavy atom. The van der Waals surface area contributed by atoms with Crippen LogP contribution in [0.2, 0.25) is 0 Å². The number of fused-ring (bicyclic) bond motifs is 1. The minimum atomic E-state index is -1.02. The number of carboxylic acids is 1. The van der Waals surface area contributed by atoms with Crippen molar-refractivity contribution in [3.05, 3.63) is 65.9 Å². The van der Waals surface area contributed by atoms with Crippen LogP contribution in [0.5, 0.6) is 11.5 Å². The topological polar surface area (TPSA) is 79.5 Å². The summed E-state index contributed by atoms with van der Waals surface area (Å²) in [4.78, 5) is 25.1. The van der Waals surface area contributed by atoms with E-state index in [1.807, 2.05) is 63.4 Å². The van der Waals surface area contributed by atoms with E-state index in [-0.39, 0.29) is 16.7 Å². The predicted octanol–water partition coefficient (Wildman–Crippen LogP) is 7.03. The highest BCUT2D eigenvalue weighted by molar-refractivity contribution is 5.98. The summed E-state index contributed by atoms with van der Waals surface area (Å²) < 4.78 is 8.37. The van der Waals surface area contributed by atoms with Gasteiger partial charge in [-0.3, -0.25) is 4.79 Å². The third kappa shape index (κ3) is 7.59. The van der Waals surface area contributed by atoms with Gasteiger partial charge in [0.25, 0.3) is 5.91 Å². The first kappa shape index (κ1) is 28.6. The largest absolute Gasteiger partial charge is 0.480 e. The fourth-order valence-electron chi connectivity index (χ4n) is 5.36.